The Kier molecular flexibility index (Phi) is 6.86. The number of ether oxygens (including phenoxy) is 2. The van der Waals surface area contributed by atoms with Crippen LogP contribution in [0.25, 0.3) is 0 Å². The van der Waals surface area contributed by atoms with Gasteiger partial charge in [-0.2, -0.15) is 0 Å². The third-order valence-electron chi connectivity index (χ3n) is 4.25. The first kappa shape index (κ1) is 23.3. The second-order valence-corrected chi connectivity index (χ2v) is 9.77. The normalized spacial score (nSPS) is 11.6. The topological polar surface area (TPSA) is 93.7 Å². The van der Waals surface area contributed by atoms with Crippen molar-refractivity contribution < 1.29 is 22.7 Å². The molecular formula is C24H26N2O5S. The Labute approximate surface area is 188 Å². The number of carbonyl (C=O) groups excluding carboxylic acids is 1. The third-order valence-corrected chi connectivity index (χ3v) is 6.03. The van der Waals surface area contributed by atoms with E-state index in [4.69, 9.17) is 9.47 Å². The van der Waals surface area contributed by atoms with Gasteiger partial charge in [0.25, 0.3) is 5.91 Å². The van der Waals surface area contributed by atoms with Gasteiger partial charge in [-0.15, -0.1) is 0 Å². The van der Waals surface area contributed by atoms with Gasteiger partial charge in [0.05, 0.1) is 7.11 Å². The average molecular weight is 455 g/mol. The standard InChI is InChI=1S/C24H26N2O5S/c1-24(2,3)26-32(28,29)22-16-17(10-15-21(22)30-4)23(27)25-18-11-13-20(14-12-18)31-19-8-6-5-7-9-19/h5-16,26H,1-4H3,(H,25,27). The molecule has 8 heteroatoms. The van der Waals surface area contributed by atoms with Crippen LogP contribution in [0.5, 0.6) is 17.2 Å². The van der Waals surface area contributed by atoms with Crippen LogP contribution in [0.4, 0.5) is 5.69 Å². The van der Waals surface area contributed by atoms with Crippen molar-refractivity contribution in [2.24, 2.45) is 0 Å². The van der Waals surface area contributed by atoms with E-state index in [0.717, 1.165) is 0 Å². The van der Waals surface area contributed by atoms with Crippen molar-refractivity contribution in [2.75, 3.05) is 12.4 Å². The van der Waals surface area contributed by atoms with E-state index in [1.807, 2.05) is 30.3 Å². The maximum atomic E-state index is 12.8. The fraction of sp³-hybridized carbons (Fsp3) is 0.208. The minimum absolute atomic E-state index is 0.103. The Hall–Kier alpha value is -3.36. The van der Waals surface area contributed by atoms with E-state index in [0.29, 0.717) is 17.2 Å². The molecule has 3 aromatic rings. The summed E-state index contributed by atoms with van der Waals surface area (Å²) in [5, 5.41) is 2.76. The van der Waals surface area contributed by atoms with E-state index in [-0.39, 0.29) is 16.2 Å². The molecule has 3 rings (SSSR count). The smallest absolute Gasteiger partial charge is 0.255 e. The summed E-state index contributed by atoms with van der Waals surface area (Å²) in [5.74, 6) is 1.04. The van der Waals surface area contributed by atoms with Crippen molar-refractivity contribution in [1.29, 1.82) is 0 Å². The molecule has 168 valence electrons. The van der Waals surface area contributed by atoms with Crippen molar-refractivity contribution >= 4 is 21.6 Å². The summed E-state index contributed by atoms with van der Waals surface area (Å²) < 4.78 is 39.1. The van der Waals surface area contributed by atoms with Crippen LogP contribution in [0.15, 0.2) is 77.7 Å². The summed E-state index contributed by atoms with van der Waals surface area (Å²) in [7, 11) is -2.52. The number of methoxy groups -OCH3 is 1. The average Bonchev–Trinajstić information content (AvgIpc) is 2.73. The molecule has 0 aliphatic carbocycles. The maximum absolute atomic E-state index is 12.8. The highest BCUT2D eigenvalue weighted by atomic mass is 32.2. The van der Waals surface area contributed by atoms with Crippen molar-refractivity contribution in [3.05, 3.63) is 78.4 Å². The molecule has 0 radical (unpaired) electrons. The molecule has 7 nitrogen and oxygen atoms in total. The summed E-state index contributed by atoms with van der Waals surface area (Å²) in [5.41, 5.74) is 0.0410. The Bertz CT molecular complexity index is 1190. The van der Waals surface area contributed by atoms with E-state index in [1.54, 1.807) is 45.0 Å². The van der Waals surface area contributed by atoms with Crippen molar-refractivity contribution in [3.8, 4) is 17.2 Å². The number of para-hydroxylation sites is 1. The fourth-order valence-corrected chi connectivity index (χ4v) is 4.53. The molecule has 2 N–H and O–H groups in total. The maximum Gasteiger partial charge on any atom is 0.255 e. The number of sulfonamides is 1. The monoisotopic (exact) mass is 454 g/mol. The van der Waals surface area contributed by atoms with Crippen molar-refractivity contribution in [3.63, 3.8) is 0 Å². The van der Waals surface area contributed by atoms with Gasteiger partial charge in [-0.25, -0.2) is 13.1 Å². The number of hydrogen-bond acceptors (Lipinski definition) is 5. The predicted octanol–water partition coefficient (Wildman–Crippen LogP) is 4.82. The first-order valence-electron chi connectivity index (χ1n) is 9.94. The molecule has 0 unspecified atom stereocenters. The molecule has 1 amide bonds. The highest BCUT2D eigenvalue weighted by Gasteiger charge is 2.26. The molecule has 0 heterocycles. The molecule has 0 atom stereocenters. The van der Waals surface area contributed by atoms with Crippen LogP contribution in [-0.2, 0) is 10.0 Å². The summed E-state index contributed by atoms with van der Waals surface area (Å²) in [6.45, 7) is 5.20. The zero-order chi connectivity index (χ0) is 23.4. The Morgan fingerprint density at radius 1 is 0.875 bits per heavy atom. The van der Waals surface area contributed by atoms with Gasteiger partial charge in [0.2, 0.25) is 10.0 Å². The van der Waals surface area contributed by atoms with Crippen LogP contribution < -0.4 is 19.5 Å². The van der Waals surface area contributed by atoms with E-state index in [9.17, 15) is 13.2 Å². The molecule has 0 bridgehead atoms. The molecule has 0 aromatic heterocycles. The van der Waals surface area contributed by atoms with Crippen LogP contribution in [-0.4, -0.2) is 27.0 Å². The van der Waals surface area contributed by atoms with E-state index < -0.39 is 21.5 Å². The SMILES string of the molecule is COc1ccc(C(=O)Nc2ccc(Oc3ccccc3)cc2)cc1S(=O)(=O)NC(C)(C)C. The molecule has 3 aromatic carbocycles. The second-order valence-electron chi connectivity index (χ2n) is 8.11. The minimum atomic E-state index is -3.90. The van der Waals surface area contributed by atoms with Crippen LogP contribution in [0.2, 0.25) is 0 Å². The largest absolute Gasteiger partial charge is 0.495 e. The minimum Gasteiger partial charge on any atom is -0.495 e. The lowest BCUT2D eigenvalue weighted by atomic mass is 10.1. The number of benzene rings is 3. The predicted molar refractivity (Wildman–Crippen MR) is 124 cm³/mol. The van der Waals surface area contributed by atoms with E-state index >= 15 is 0 Å². The number of nitrogens with one attached hydrogen (secondary N) is 2. The van der Waals surface area contributed by atoms with Gasteiger partial charge in [0, 0.05) is 16.8 Å². The quantitative estimate of drug-likeness (QED) is 0.534. The zero-order valence-corrected chi connectivity index (χ0v) is 19.2. The first-order chi connectivity index (χ1) is 15.1. The molecule has 0 aliphatic heterocycles. The molecule has 0 spiro atoms. The lowest BCUT2D eigenvalue weighted by molar-refractivity contribution is 0.102. The number of hydrogen-bond donors (Lipinski definition) is 2. The summed E-state index contributed by atoms with van der Waals surface area (Å²) >= 11 is 0. The van der Waals surface area contributed by atoms with Gasteiger partial charge < -0.3 is 14.8 Å². The molecular weight excluding hydrogens is 428 g/mol. The Morgan fingerprint density at radius 2 is 1.50 bits per heavy atom. The zero-order valence-electron chi connectivity index (χ0n) is 18.4. The van der Waals surface area contributed by atoms with Gasteiger partial charge >= 0.3 is 0 Å². The molecule has 0 fully saturated rings. The Balaban J connectivity index is 1.78. The number of carbonyl (C=O) groups is 1. The van der Waals surface area contributed by atoms with Crippen LogP contribution >= 0.6 is 0 Å². The highest BCUT2D eigenvalue weighted by molar-refractivity contribution is 7.89. The highest BCUT2D eigenvalue weighted by Crippen LogP contribution is 2.27. The van der Waals surface area contributed by atoms with Crippen LogP contribution in [0.3, 0.4) is 0 Å². The summed E-state index contributed by atoms with van der Waals surface area (Å²) in [6, 6.07) is 20.5. The van der Waals surface area contributed by atoms with Crippen molar-refractivity contribution in [2.45, 2.75) is 31.2 Å². The molecule has 0 aliphatic rings. The van der Waals surface area contributed by atoms with Gasteiger partial charge in [-0.3, -0.25) is 4.79 Å². The lowest BCUT2D eigenvalue weighted by Gasteiger charge is -2.21. The van der Waals surface area contributed by atoms with Gasteiger partial charge in [-0.1, -0.05) is 18.2 Å². The number of amides is 1. The van der Waals surface area contributed by atoms with Gasteiger partial charge in [-0.05, 0) is 75.4 Å². The first-order valence-corrected chi connectivity index (χ1v) is 11.4. The van der Waals surface area contributed by atoms with E-state index in [1.165, 1.54) is 25.3 Å². The van der Waals surface area contributed by atoms with Gasteiger partial charge in [0.1, 0.15) is 22.1 Å². The van der Waals surface area contributed by atoms with E-state index in [2.05, 4.69) is 10.0 Å². The fourth-order valence-electron chi connectivity index (χ4n) is 2.92. The van der Waals surface area contributed by atoms with Gasteiger partial charge in [0.15, 0.2) is 0 Å². The second kappa shape index (κ2) is 9.42. The van der Waals surface area contributed by atoms with Crippen LogP contribution in [0, 0.1) is 0 Å². The lowest BCUT2D eigenvalue weighted by Crippen LogP contribution is -2.40. The summed E-state index contributed by atoms with van der Waals surface area (Å²) in [4.78, 5) is 12.7. The Morgan fingerprint density at radius 3 is 2.09 bits per heavy atom. The molecule has 0 saturated heterocycles. The molecule has 0 saturated carbocycles. The number of rotatable bonds is 7. The third kappa shape index (κ3) is 6.09. The number of anilines is 1. The molecule has 32 heavy (non-hydrogen) atoms. The van der Waals surface area contributed by atoms with Crippen LogP contribution in [0.1, 0.15) is 31.1 Å². The van der Waals surface area contributed by atoms with Crippen molar-refractivity contribution in [1.82, 2.24) is 4.72 Å². The summed E-state index contributed by atoms with van der Waals surface area (Å²) in [6.07, 6.45) is 0.